The topological polar surface area (TPSA) is 86.8 Å². The van der Waals surface area contributed by atoms with Crippen molar-refractivity contribution < 1.29 is 18.0 Å². The molecule has 2 aliphatic rings. The van der Waals surface area contributed by atoms with Gasteiger partial charge in [-0.25, -0.2) is 8.42 Å². The fourth-order valence-electron chi connectivity index (χ4n) is 4.13. The van der Waals surface area contributed by atoms with E-state index in [-0.39, 0.29) is 45.8 Å². The molecule has 0 radical (unpaired) electrons. The largest absolute Gasteiger partial charge is 0.355 e. The molecule has 172 valence electrons. The maximum Gasteiger partial charge on any atom is 0.246 e. The van der Waals surface area contributed by atoms with E-state index in [4.69, 9.17) is 23.2 Å². The standard InChI is InChI=1S/C21H29Cl2N3O4S/c22-17-6-5-7-18(23)20(17)31(29,30)26-14-9-16(10-15-26)21(28)24-11-8-19(27)25-12-3-1-2-4-13-25/h5-7,16H,1-4,8-15H2,(H,24,28). The first-order chi connectivity index (χ1) is 14.8. The first kappa shape index (κ1) is 24.3. The lowest BCUT2D eigenvalue weighted by molar-refractivity contribution is -0.131. The number of benzene rings is 1. The van der Waals surface area contributed by atoms with Crippen LogP contribution in [0, 0.1) is 5.92 Å². The average molecular weight is 490 g/mol. The summed E-state index contributed by atoms with van der Waals surface area (Å²) >= 11 is 12.1. The Labute approximate surface area is 194 Å². The molecular weight excluding hydrogens is 461 g/mol. The molecule has 2 aliphatic heterocycles. The van der Waals surface area contributed by atoms with E-state index in [0.717, 1.165) is 38.8 Å². The van der Waals surface area contributed by atoms with Gasteiger partial charge < -0.3 is 10.2 Å². The third kappa shape index (κ3) is 6.12. The van der Waals surface area contributed by atoms with Crippen molar-refractivity contribution >= 4 is 45.0 Å². The van der Waals surface area contributed by atoms with Crippen LogP contribution in [0.2, 0.25) is 10.0 Å². The summed E-state index contributed by atoms with van der Waals surface area (Å²) in [5, 5.41) is 3.01. The third-order valence-corrected chi connectivity index (χ3v) is 8.79. The van der Waals surface area contributed by atoms with Gasteiger partial charge in [-0.15, -0.1) is 0 Å². The Morgan fingerprint density at radius 1 is 0.968 bits per heavy atom. The Bertz CT molecular complexity index is 874. The number of carbonyl (C=O) groups excluding carboxylic acids is 2. The van der Waals surface area contributed by atoms with Crippen LogP contribution in [0.1, 0.15) is 44.9 Å². The van der Waals surface area contributed by atoms with Crippen molar-refractivity contribution in [2.24, 2.45) is 5.92 Å². The molecule has 2 fully saturated rings. The summed E-state index contributed by atoms with van der Waals surface area (Å²) in [6, 6.07) is 4.58. The Balaban J connectivity index is 1.47. The SMILES string of the molecule is O=C(NCCC(=O)N1CCCCCC1)C1CCN(S(=O)(=O)c2c(Cl)cccc2Cl)CC1. The number of rotatable bonds is 6. The summed E-state index contributed by atoms with van der Waals surface area (Å²) in [6.45, 7) is 2.34. The lowest BCUT2D eigenvalue weighted by Crippen LogP contribution is -2.43. The average Bonchev–Trinajstić information content (AvgIpc) is 3.03. The van der Waals surface area contributed by atoms with Gasteiger partial charge in [0.25, 0.3) is 0 Å². The zero-order valence-electron chi connectivity index (χ0n) is 17.5. The number of halogens is 2. The maximum absolute atomic E-state index is 12.9. The predicted octanol–water partition coefficient (Wildman–Crippen LogP) is 3.30. The van der Waals surface area contributed by atoms with Crippen molar-refractivity contribution in [2.45, 2.75) is 49.8 Å². The van der Waals surface area contributed by atoms with Crippen molar-refractivity contribution in [1.82, 2.24) is 14.5 Å². The second kappa shape index (κ2) is 11.0. The van der Waals surface area contributed by atoms with Gasteiger partial charge in [-0.05, 0) is 37.8 Å². The summed E-state index contributed by atoms with van der Waals surface area (Å²) in [4.78, 5) is 26.6. The van der Waals surface area contributed by atoms with E-state index < -0.39 is 10.0 Å². The number of nitrogens with zero attached hydrogens (tertiary/aromatic N) is 2. The van der Waals surface area contributed by atoms with E-state index in [1.807, 2.05) is 4.90 Å². The van der Waals surface area contributed by atoms with Crippen molar-refractivity contribution in [2.75, 3.05) is 32.7 Å². The molecule has 0 aromatic heterocycles. The third-order valence-electron chi connectivity index (χ3n) is 5.94. The Hall–Kier alpha value is -1.35. The van der Waals surface area contributed by atoms with Gasteiger partial charge in [0, 0.05) is 45.1 Å². The van der Waals surface area contributed by atoms with Crippen molar-refractivity contribution in [3.05, 3.63) is 28.2 Å². The van der Waals surface area contributed by atoms with E-state index in [0.29, 0.717) is 25.8 Å². The molecule has 1 aromatic rings. The van der Waals surface area contributed by atoms with Crippen LogP contribution in [-0.2, 0) is 19.6 Å². The molecule has 0 spiro atoms. The van der Waals surface area contributed by atoms with Crippen molar-refractivity contribution in [3.8, 4) is 0 Å². The molecule has 2 amide bonds. The lowest BCUT2D eigenvalue weighted by Gasteiger charge is -2.31. The minimum atomic E-state index is -3.83. The minimum Gasteiger partial charge on any atom is -0.355 e. The van der Waals surface area contributed by atoms with Crippen LogP contribution in [0.3, 0.4) is 0 Å². The first-order valence-corrected chi connectivity index (χ1v) is 13.0. The van der Waals surface area contributed by atoms with Gasteiger partial charge in [0.05, 0.1) is 10.0 Å². The van der Waals surface area contributed by atoms with Gasteiger partial charge in [0.2, 0.25) is 21.8 Å². The number of hydrogen-bond donors (Lipinski definition) is 1. The van der Waals surface area contributed by atoms with Gasteiger partial charge in [-0.2, -0.15) is 4.31 Å². The van der Waals surface area contributed by atoms with Crippen LogP contribution in [0.15, 0.2) is 23.1 Å². The summed E-state index contributed by atoms with van der Waals surface area (Å²) in [5.74, 6) is -0.322. The van der Waals surface area contributed by atoms with Gasteiger partial charge in [-0.1, -0.05) is 42.1 Å². The molecule has 0 saturated carbocycles. The van der Waals surface area contributed by atoms with Gasteiger partial charge in [0.15, 0.2) is 0 Å². The molecule has 2 saturated heterocycles. The molecular formula is C21H29Cl2N3O4S. The first-order valence-electron chi connectivity index (χ1n) is 10.8. The monoisotopic (exact) mass is 489 g/mol. The zero-order chi connectivity index (χ0) is 22.4. The number of carbonyl (C=O) groups is 2. The second-order valence-corrected chi connectivity index (χ2v) is 10.8. The van der Waals surface area contributed by atoms with E-state index in [1.165, 1.54) is 16.4 Å². The van der Waals surface area contributed by atoms with Crippen LogP contribution in [-0.4, -0.2) is 62.2 Å². The summed E-state index contributed by atoms with van der Waals surface area (Å²) in [6.07, 6.45) is 5.53. The molecule has 0 unspecified atom stereocenters. The highest BCUT2D eigenvalue weighted by Crippen LogP contribution is 2.33. The van der Waals surface area contributed by atoms with Gasteiger partial charge >= 0.3 is 0 Å². The number of sulfonamides is 1. The van der Waals surface area contributed by atoms with E-state index in [9.17, 15) is 18.0 Å². The highest BCUT2D eigenvalue weighted by atomic mass is 35.5. The molecule has 3 rings (SSSR count). The molecule has 1 N–H and O–H groups in total. The minimum absolute atomic E-state index is 0.0831. The van der Waals surface area contributed by atoms with Crippen LogP contribution >= 0.6 is 23.2 Å². The van der Waals surface area contributed by atoms with Crippen molar-refractivity contribution in [3.63, 3.8) is 0 Å². The summed E-state index contributed by atoms with van der Waals surface area (Å²) in [7, 11) is -3.83. The highest BCUT2D eigenvalue weighted by Gasteiger charge is 2.34. The quantitative estimate of drug-likeness (QED) is 0.663. The molecule has 0 bridgehead atoms. The maximum atomic E-state index is 12.9. The fraction of sp³-hybridized carbons (Fsp3) is 0.619. The Morgan fingerprint density at radius 3 is 2.13 bits per heavy atom. The number of amides is 2. The van der Waals surface area contributed by atoms with E-state index >= 15 is 0 Å². The molecule has 10 heteroatoms. The van der Waals surface area contributed by atoms with Gasteiger partial charge in [-0.3, -0.25) is 9.59 Å². The Morgan fingerprint density at radius 2 is 1.55 bits per heavy atom. The molecule has 2 heterocycles. The number of piperidine rings is 1. The predicted molar refractivity (Wildman–Crippen MR) is 121 cm³/mol. The zero-order valence-corrected chi connectivity index (χ0v) is 19.8. The number of likely N-dealkylation sites (tertiary alicyclic amines) is 1. The normalized spacial score (nSPS) is 19.1. The van der Waals surface area contributed by atoms with Gasteiger partial charge in [0.1, 0.15) is 4.90 Å². The molecule has 7 nitrogen and oxygen atoms in total. The molecule has 0 aliphatic carbocycles. The summed E-state index contributed by atoms with van der Waals surface area (Å²) in [5.41, 5.74) is 0. The summed E-state index contributed by atoms with van der Waals surface area (Å²) < 4.78 is 27.2. The second-order valence-electron chi connectivity index (χ2n) is 8.07. The highest BCUT2D eigenvalue weighted by molar-refractivity contribution is 7.89. The molecule has 1 aromatic carbocycles. The molecule has 31 heavy (non-hydrogen) atoms. The van der Waals surface area contributed by atoms with Crippen LogP contribution in [0.25, 0.3) is 0 Å². The fourth-order valence-corrected chi connectivity index (χ4v) is 6.69. The smallest absolute Gasteiger partial charge is 0.246 e. The van der Waals surface area contributed by atoms with E-state index in [1.54, 1.807) is 6.07 Å². The van der Waals surface area contributed by atoms with Crippen molar-refractivity contribution in [1.29, 1.82) is 0 Å². The number of nitrogens with one attached hydrogen (secondary N) is 1. The lowest BCUT2D eigenvalue weighted by atomic mass is 9.97. The Kier molecular flexibility index (Phi) is 8.61. The molecule has 0 atom stereocenters. The van der Waals surface area contributed by atoms with E-state index in [2.05, 4.69) is 5.32 Å². The van der Waals surface area contributed by atoms with Crippen LogP contribution in [0.4, 0.5) is 0 Å². The van der Waals surface area contributed by atoms with Crippen LogP contribution in [0.5, 0.6) is 0 Å². The number of hydrogen-bond acceptors (Lipinski definition) is 4. The van der Waals surface area contributed by atoms with Crippen LogP contribution < -0.4 is 5.32 Å².